The minimum Gasteiger partial charge on any atom is -0.494 e. The molecule has 0 saturated heterocycles. The number of ether oxygens (including phenoxy) is 1. The molecule has 0 bridgehead atoms. The van der Waals surface area contributed by atoms with Gasteiger partial charge in [-0.1, -0.05) is 0 Å². The molecule has 0 unspecified atom stereocenters. The number of halogens is 2. The summed E-state index contributed by atoms with van der Waals surface area (Å²) in [5.41, 5.74) is 2.32. The van der Waals surface area contributed by atoms with Gasteiger partial charge in [-0.3, -0.25) is 4.79 Å². The quantitative estimate of drug-likeness (QED) is 0.383. The van der Waals surface area contributed by atoms with E-state index in [2.05, 4.69) is 15.4 Å². The average Bonchev–Trinajstić information content (AvgIpc) is 3.34. The van der Waals surface area contributed by atoms with E-state index >= 15 is 0 Å². The molecule has 0 aliphatic heterocycles. The SMILES string of the molecule is CCOc1ccc(-c2nc(C)c(C(=O)Nc3c(C)cnn3Cc3cc(F)ccc3F)s2)cc1. The first kappa shape index (κ1) is 22.6. The minimum absolute atomic E-state index is 0.0217. The molecule has 0 spiro atoms. The second-order valence-corrected chi connectivity index (χ2v) is 8.41. The van der Waals surface area contributed by atoms with E-state index in [1.165, 1.54) is 16.0 Å². The highest BCUT2D eigenvalue weighted by Gasteiger charge is 2.20. The van der Waals surface area contributed by atoms with Gasteiger partial charge in [-0.05, 0) is 63.2 Å². The number of nitrogens with zero attached hydrogens (tertiary/aromatic N) is 3. The summed E-state index contributed by atoms with van der Waals surface area (Å²) in [6.45, 7) is 6.04. The Morgan fingerprint density at radius 2 is 1.91 bits per heavy atom. The Bertz CT molecular complexity index is 1300. The van der Waals surface area contributed by atoms with Crippen LogP contribution in [0.25, 0.3) is 10.6 Å². The number of aryl methyl sites for hydroxylation is 2. The molecule has 0 aliphatic rings. The second-order valence-electron chi connectivity index (χ2n) is 7.41. The van der Waals surface area contributed by atoms with E-state index in [0.717, 1.165) is 29.5 Å². The minimum atomic E-state index is -0.542. The highest BCUT2D eigenvalue weighted by Crippen LogP contribution is 2.30. The number of anilines is 1. The maximum absolute atomic E-state index is 14.1. The normalized spacial score (nSPS) is 10.9. The van der Waals surface area contributed by atoms with Crippen LogP contribution < -0.4 is 10.1 Å². The molecule has 6 nitrogen and oxygen atoms in total. The van der Waals surface area contributed by atoms with Gasteiger partial charge in [-0.15, -0.1) is 11.3 Å². The number of thiazole rings is 1. The number of carbonyl (C=O) groups excluding carboxylic acids is 1. The maximum atomic E-state index is 14.1. The molecule has 0 aliphatic carbocycles. The Kier molecular flexibility index (Phi) is 6.50. The van der Waals surface area contributed by atoms with Gasteiger partial charge in [0.05, 0.1) is 25.0 Å². The molecular formula is C24H22F2N4O2S. The number of rotatable bonds is 7. The van der Waals surface area contributed by atoms with Crippen molar-refractivity contribution in [1.82, 2.24) is 14.8 Å². The van der Waals surface area contributed by atoms with E-state index in [-0.39, 0.29) is 18.0 Å². The smallest absolute Gasteiger partial charge is 0.268 e. The molecule has 2 aromatic heterocycles. The van der Waals surface area contributed by atoms with Crippen molar-refractivity contribution in [3.63, 3.8) is 0 Å². The van der Waals surface area contributed by atoms with Crippen LogP contribution in [0.15, 0.2) is 48.7 Å². The van der Waals surface area contributed by atoms with Gasteiger partial charge in [0.2, 0.25) is 0 Å². The highest BCUT2D eigenvalue weighted by molar-refractivity contribution is 7.17. The average molecular weight is 469 g/mol. The van der Waals surface area contributed by atoms with Crippen molar-refractivity contribution in [3.8, 4) is 16.3 Å². The van der Waals surface area contributed by atoms with Crippen molar-refractivity contribution in [3.05, 3.63) is 82.0 Å². The molecule has 33 heavy (non-hydrogen) atoms. The summed E-state index contributed by atoms with van der Waals surface area (Å²) in [5, 5.41) is 7.79. The monoisotopic (exact) mass is 468 g/mol. The van der Waals surface area contributed by atoms with Gasteiger partial charge in [0.1, 0.15) is 33.1 Å². The molecule has 9 heteroatoms. The zero-order valence-corrected chi connectivity index (χ0v) is 19.2. The van der Waals surface area contributed by atoms with Crippen molar-refractivity contribution in [2.75, 3.05) is 11.9 Å². The van der Waals surface area contributed by atoms with Gasteiger partial charge in [0.25, 0.3) is 5.91 Å². The molecule has 0 saturated carbocycles. The summed E-state index contributed by atoms with van der Waals surface area (Å²) in [4.78, 5) is 18.1. The highest BCUT2D eigenvalue weighted by atomic mass is 32.1. The van der Waals surface area contributed by atoms with Crippen LogP contribution in [0.4, 0.5) is 14.6 Å². The van der Waals surface area contributed by atoms with E-state index < -0.39 is 11.6 Å². The Labute approximate surface area is 193 Å². The summed E-state index contributed by atoms with van der Waals surface area (Å²) in [5.74, 6) is -0.236. The van der Waals surface area contributed by atoms with Gasteiger partial charge >= 0.3 is 0 Å². The zero-order valence-electron chi connectivity index (χ0n) is 18.4. The van der Waals surface area contributed by atoms with Crippen molar-refractivity contribution >= 4 is 23.1 Å². The number of aromatic nitrogens is 3. The maximum Gasteiger partial charge on any atom is 0.268 e. The molecule has 2 aromatic carbocycles. The third-order valence-corrected chi connectivity index (χ3v) is 6.20. The Balaban J connectivity index is 1.56. The van der Waals surface area contributed by atoms with E-state index in [9.17, 15) is 13.6 Å². The number of hydrogen-bond donors (Lipinski definition) is 1. The van der Waals surface area contributed by atoms with Crippen LogP contribution in [-0.2, 0) is 6.54 Å². The second kappa shape index (κ2) is 9.50. The van der Waals surface area contributed by atoms with Gasteiger partial charge in [0, 0.05) is 16.7 Å². The molecule has 4 rings (SSSR count). The van der Waals surface area contributed by atoms with Crippen LogP contribution in [0.1, 0.15) is 33.4 Å². The molecule has 0 atom stereocenters. The number of carbonyl (C=O) groups is 1. The van der Waals surface area contributed by atoms with Crippen molar-refractivity contribution < 1.29 is 18.3 Å². The number of amides is 1. The zero-order chi connectivity index (χ0) is 23.5. The van der Waals surface area contributed by atoms with Crippen LogP contribution >= 0.6 is 11.3 Å². The summed E-state index contributed by atoms with van der Waals surface area (Å²) in [6.07, 6.45) is 1.57. The summed E-state index contributed by atoms with van der Waals surface area (Å²) >= 11 is 1.28. The topological polar surface area (TPSA) is 69.0 Å². The predicted octanol–water partition coefficient (Wildman–Crippen LogP) is 5.60. The standard InChI is InChI=1S/C24H22F2N4O2S/c1-4-32-19-8-5-16(6-9-19)24-28-15(3)21(33-24)23(31)29-22-14(2)12-27-30(22)13-17-11-18(25)7-10-20(17)26/h5-12H,4,13H2,1-3H3,(H,29,31). The van der Waals surface area contributed by atoms with Gasteiger partial charge in [-0.2, -0.15) is 5.10 Å². The fraction of sp³-hybridized carbons (Fsp3) is 0.208. The lowest BCUT2D eigenvalue weighted by Gasteiger charge is -2.11. The number of benzene rings is 2. The summed E-state index contributed by atoms with van der Waals surface area (Å²) < 4.78 is 34.6. The van der Waals surface area contributed by atoms with Crippen LogP contribution in [0.2, 0.25) is 0 Å². The molecule has 170 valence electrons. The van der Waals surface area contributed by atoms with Crippen LogP contribution in [0, 0.1) is 25.5 Å². The lowest BCUT2D eigenvalue weighted by Crippen LogP contribution is -2.17. The first-order valence-corrected chi connectivity index (χ1v) is 11.2. The molecule has 0 radical (unpaired) electrons. The van der Waals surface area contributed by atoms with Gasteiger partial charge < -0.3 is 10.1 Å². The molecular weight excluding hydrogens is 446 g/mol. The van der Waals surface area contributed by atoms with E-state index in [0.29, 0.717) is 33.6 Å². The molecule has 4 aromatic rings. The molecule has 2 heterocycles. The Hall–Kier alpha value is -3.59. The van der Waals surface area contributed by atoms with Crippen LogP contribution in [-0.4, -0.2) is 27.3 Å². The van der Waals surface area contributed by atoms with Crippen molar-refractivity contribution in [2.45, 2.75) is 27.3 Å². The molecule has 1 amide bonds. The van der Waals surface area contributed by atoms with E-state index in [4.69, 9.17) is 4.74 Å². The predicted molar refractivity (Wildman–Crippen MR) is 124 cm³/mol. The first-order valence-electron chi connectivity index (χ1n) is 10.3. The van der Waals surface area contributed by atoms with Crippen molar-refractivity contribution in [2.24, 2.45) is 0 Å². The first-order chi connectivity index (χ1) is 15.9. The van der Waals surface area contributed by atoms with E-state index in [1.54, 1.807) is 20.0 Å². The van der Waals surface area contributed by atoms with Gasteiger partial charge in [-0.25, -0.2) is 18.4 Å². The van der Waals surface area contributed by atoms with Gasteiger partial charge in [0.15, 0.2) is 0 Å². The Morgan fingerprint density at radius 1 is 1.15 bits per heavy atom. The third-order valence-electron chi connectivity index (χ3n) is 5.00. The number of hydrogen-bond acceptors (Lipinski definition) is 5. The van der Waals surface area contributed by atoms with Crippen LogP contribution in [0.5, 0.6) is 5.75 Å². The largest absolute Gasteiger partial charge is 0.494 e. The number of nitrogens with one attached hydrogen (secondary N) is 1. The summed E-state index contributed by atoms with van der Waals surface area (Å²) in [6, 6.07) is 10.8. The summed E-state index contributed by atoms with van der Waals surface area (Å²) in [7, 11) is 0. The fourth-order valence-corrected chi connectivity index (χ4v) is 4.31. The lowest BCUT2D eigenvalue weighted by atomic mass is 10.2. The third kappa shape index (κ3) is 4.93. The van der Waals surface area contributed by atoms with Crippen molar-refractivity contribution in [1.29, 1.82) is 0 Å². The molecule has 1 N–H and O–H groups in total. The lowest BCUT2D eigenvalue weighted by molar-refractivity contribution is 0.102. The molecule has 0 fully saturated rings. The van der Waals surface area contributed by atoms with Crippen LogP contribution in [0.3, 0.4) is 0 Å². The fourth-order valence-electron chi connectivity index (χ4n) is 3.34. The Morgan fingerprint density at radius 3 is 2.64 bits per heavy atom. The van der Waals surface area contributed by atoms with E-state index in [1.807, 2.05) is 31.2 Å².